The molecule has 0 atom stereocenters. The van der Waals surface area contributed by atoms with Crippen molar-refractivity contribution in [1.29, 1.82) is 0 Å². The number of aromatic nitrogens is 1. The van der Waals surface area contributed by atoms with Gasteiger partial charge in [0.25, 0.3) is 0 Å². The second-order valence-electron chi connectivity index (χ2n) is 2.53. The van der Waals surface area contributed by atoms with Crippen molar-refractivity contribution in [2.24, 2.45) is 5.73 Å². The third kappa shape index (κ3) is 3.40. The van der Waals surface area contributed by atoms with Crippen LogP contribution in [0.15, 0.2) is 5.38 Å². The number of primary amides is 1. The molecule has 0 saturated heterocycles. The number of nitrogens with zero attached hydrogens (tertiary/aromatic N) is 1. The van der Waals surface area contributed by atoms with Gasteiger partial charge in [0.15, 0.2) is 5.13 Å². The summed E-state index contributed by atoms with van der Waals surface area (Å²) in [5.74, 6) is -1.42. The highest BCUT2D eigenvalue weighted by Gasteiger charge is 2.05. The maximum absolute atomic E-state index is 10.4. The summed E-state index contributed by atoms with van der Waals surface area (Å²) in [5, 5.41) is 13.3. The minimum atomic E-state index is -0.934. The number of hydrogen-bond acceptors (Lipinski definition) is 5. The highest BCUT2D eigenvalue weighted by atomic mass is 32.1. The Hall–Kier alpha value is -1.63. The zero-order chi connectivity index (χ0) is 10.6. The van der Waals surface area contributed by atoms with Gasteiger partial charge in [-0.15, -0.1) is 11.3 Å². The molecular formula is C7H9N3O3S. The average molecular weight is 215 g/mol. The molecular weight excluding hydrogens is 206 g/mol. The van der Waals surface area contributed by atoms with Crippen LogP contribution in [0.2, 0.25) is 0 Å². The predicted molar refractivity (Wildman–Crippen MR) is 51.1 cm³/mol. The van der Waals surface area contributed by atoms with E-state index in [1.165, 1.54) is 11.3 Å². The lowest BCUT2D eigenvalue weighted by molar-refractivity contribution is -0.136. The van der Waals surface area contributed by atoms with E-state index >= 15 is 0 Å². The fourth-order valence-electron chi connectivity index (χ4n) is 0.787. The van der Waals surface area contributed by atoms with Crippen LogP contribution in [0.4, 0.5) is 5.13 Å². The zero-order valence-corrected chi connectivity index (χ0v) is 8.00. The Kier molecular flexibility index (Phi) is 3.41. The molecule has 0 unspecified atom stereocenters. The fraction of sp³-hybridized carbons (Fsp3) is 0.286. The van der Waals surface area contributed by atoms with Crippen molar-refractivity contribution >= 4 is 28.3 Å². The molecule has 0 spiro atoms. The van der Waals surface area contributed by atoms with E-state index in [1.54, 1.807) is 5.38 Å². The van der Waals surface area contributed by atoms with Crippen molar-refractivity contribution in [3.8, 4) is 0 Å². The number of amides is 1. The first-order valence-electron chi connectivity index (χ1n) is 3.76. The van der Waals surface area contributed by atoms with Crippen LogP contribution in [-0.2, 0) is 16.0 Å². The lowest BCUT2D eigenvalue weighted by Gasteiger charge is -1.96. The van der Waals surface area contributed by atoms with Crippen LogP contribution in [-0.4, -0.2) is 28.5 Å². The lowest BCUT2D eigenvalue weighted by Crippen LogP contribution is -2.21. The monoisotopic (exact) mass is 215 g/mol. The minimum Gasteiger partial charge on any atom is -0.481 e. The van der Waals surface area contributed by atoms with Crippen LogP contribution in [0.5, 0.6) is 0 Å². The first-order valence-corrected chi connectivity index (χ1v) is 4.64. The second kappa shape index (κ2) is 4.56. The lowest BCUT2D eigenvalue weighted by atomic mass is 10.3. The number of aliphatic carboxylic acids is 1. The molecule has 7 heteroatoms. The van der Waals surface area contributed by atoms with E-state index < -0.39 is 11.9 Å². The molecule has 1 heterocycles. The third-order valence-electron chi connectivity index (χ3n) is 1.30. The molecule has 6 nitrogen and oxygen atoms in total. The molecule has 1 amide bonds. The van der Waals surface area contributed by atoms with Crippen LogP contribution in [0.1, 0.15) is 5.69 Å². The molecule has 76 valence electrons. The van der Waals surface area contributed by atoms with Gasteiger partial charge in [-0.1, -0.05) is 0 Å². The number of carbonyl (C=O) groups excluding carboxylic acids is 1. The van der Waals surface area contributed by atoms with E-state index in [0.717, 1.165) is 0 Å². The maximum Gasteiger partial charge on any atom is 0.309 e. The van der Waals surface area contributed by atoms with E-state index in [4.69, 9.17) is 10.8 Å². The van der Waals surface area contributed by atoms with Crippen molar-refractivity contribution in [3.63, 3.8) is 0 Å². The number of nitrogens with two attached hydrogens (primary N) is 1. The number of carbonyl (C=O) groups is 2. The molecule has 1 aromatic rings. The van der Waals surface area contributed by atoms with Crippen molar-refractivity contribution in [2.75, 3.05) is 11.9 Å². The van der Waals surface area contributed by atoms with Gasteiger partial charge in [-0.05, 0) is 0 Å². The number of carboxylic acid groups (broad SMARTS) is 1. The summed E-state index contributed by atoms with van der Waals surface area (Å²) in [7, 11) is 0. The van der Waals surface area contributed by atoms with Gasteiger partial charge < -0.3 is 16.2 Å². The van der Waals surface area contributed by atoms with Crippen LogP contribution < -0.4 is 11.1 Å². The van der Waals surface area contributed by atoms with E-state index in [9.17, 15) is 9.59 Å². The molecule has 0 radical (unpaired) electrons. The summed E-state index contributed by atoms with van der Waals surface area (Å²) in [5.41, 5.74) is 5.38. The summed E-state index contributed by atoms with van der Waals surface area (Å²) < 4.78 is 0. The molecule has 0 aliphatic rings. The van der Waals surface area contributed by atoms with Crippen molar-refractivity contribution in [1.82, 2.24) is 4.98 Å². The van der Waals surface area contributed by atoms with Crippen molar-refractivity contribution < 1.29 is 14.7 Å². The smallest absolute Gasteiger partial charge is 0.309 e. The third-order valence-corrected chi connectivity index (χ3v) is 2.15. The van der Waals surface area contributed by atoms with Crippen molar-refractivity contribution in [3.05, 3.63) is 11.1 Å². The summed E-state index contributed by atoms with van der Waals surface area (Å²) in [4.78, 5) is 24.7. The summed E-state index contributed by atoms with van der Waals surface area (Å²) in [6.45, 7) is 0.0000246. The Bertz CT molecular complexity index is 350. The highest BCUT2D eigenvalue weighted by Crippen LogP contribution is 2.15. The standard InChI is InChI=1S/C7H9N3O3S/c8-5(11)2-9-7-10-4(3-14-7)1-6(12)13/h3H,1-2H2,(H2,8,11)(H,9,10)(H,12,13). The van der Waals surface area contributed by atoms with Crippen LogP contribution >= 0.6 is 11.3 Å². The molecule has 0 bridgehead atoms. The quantitative estimate of drug-likeness (QED) is 0.623. The molecule has 0 aliphatic carbocycles. The van der Waals surface area contributed by atoms with Gasteiger partial charge in [0.2, 0.25) is 5.91 Å². The van der Waals surface area contributed by atoms with E-state index in [-0.39, 0.29) is 13.0 Å². The number of thiazole rings is 1. The largest absolute Gasteiger partial charge is 0.481 e. The Labute approximate surface area is 83.8 Å². The SMILES string of the molecule is NC(=O)CNc1nc(CC(=O)O)cs1. The molecule has 0 aliphatic heterocycles. The molecule has 0 saturated carbocycles. The van der Waals surface area contributed by atoms with E-state index in [0.29, 0.717) is 10.8 Å². The second-order valence-corrected chi connectivity index (χ2v) is 3.39. The molecule has 4 N–H and O–H groups in total. The average Bonchev–Trinajstić information content (AvgIpc) is 2.47. The van der Waals surface area contributed by atoms with Crippen molar-refractivity contribution in [2.45, 2.75) is 6.42 Å². The highest BCUT2D eigenvalue weighted by molar-refractivity contribution is 7.13. The van der Waals surface area contributed by atoms with E-state index in [2.05, 4.69) is 10.3 Å². The Morgan fingerprint density at radius 2 is 2.36 bits per heavy atom. The van der Waals surface area contributed by atoms with Gasteiger partial charge in [0.1, 0.15) is 0 Å². The minimum absolute atomic E-state index is 0.0000246. The zero-order valence-electron chi connectivity index (χ0n) is 7.19. The molecule has 1 rings (SSSR count). The number of hydrogen-bond donors (Lipinski definition) is 3. The topological polar surface area (TPSA) is 105 Å². The molecule has 0 fully saturated rings. The summed E-state index contributed by atoms with van der Waals surface area (Å²) in [6, 6.07) is 0. The molecule has 0 aromatic carbocycles. The number of anilines is 1. The first kappa shape index (κ1) is 10.5. The normalized spacial score (nSPS) is 9.71. The van der Waals surface area contributed by atoms with Gasteiger partial charge in [-0.2, -0.15) is 0 Å². The predicted octanol–water partition coefficient (Wildman–Crippen LogP) is -0.333. The molecule has 14 heavy (non-hydrogen) atoms. The fourth-order valence-corrected chi connectivity index (χ4v) is 1.50. The first-order chi connectivity index (χ1) is 6.58. The van der Waals surface area contributed by atoms with Crippen LogP contribution in [0.25, 0.3) is 0 Å². The van der Waals surface area contributed by atoms with E-state index in [1.807, 2.05) is 0 Å². The van der Waals surface area contributed by atoms with Gasteiger partial charge >= 0.3 is 5.97 Å². The Morgan fingerprint density at radius 1 is 1.64 bits per heavy atom. The van der Waals surface area contributed by atoms with Crippen LogP contribution in [0.3, 0.4) is 0 Å². The van der Waals surface area contributed by atoms with Gasteiger partial charge in [0, 0.05) is 5.38 Å². The van der Waals surface area contributed by atoms with Gasteiger partial charge in [-0.3, -0.25) is 9.59 Å². The summed E-state index contributed by atoms with van der Waals surface area (Å²) >= 11 is 1.24. The van der Waals surface area contributed by atoms with Gasteiger partial charge in [-0.25, -0.2) is 4.98 Å². The Balaban J connectivity index is 2.50. The van der Waals surface area contributed by atoms with Crippen LogP contribution in [0, 0.1) is 0 Å². The summed E-state index contributed by atoms with van der Waals surface area (Å²) in [6.07, 6.45) is -0.116. The number of rotatable bonds is 5. The maximum atomic E-state index is 10.4. The van der Waals surface area contributed by atoms with Gasteiger partial charge in [0.05, 0.1) is 18.7 Å². The number of nitrogens with one attached hydrogen (secondary N) is 1. The number of carboxylic acids is 1. The molecule has 1 aromatic heterocycles. The Morgan fingerprint density at radius 3 is 2.93 bits per heavy atom.